The standard InChI is InChI=1S/C12H15N3.C6H14.C2H6/c13-9-10-3-1-2-4-12(10)15-7-5-11(14)6-8-15;1-5-6(2,3)4;1-2/h1-4,11H,5-8,14H2;5H2,1-4H3;1-2H3. The Labute approximate surface area is 143 Å². The lowest BCUT2D eigenvalue weighted by molar-refractivity contribution is 0.398. The lowest BCUT2D eigenvalue weighted by Gasteiger charge is -2.32. The third-order valence-corrected chi connectivity index (χ3v) is 3.97. The number of nitrogens with two attached hydrogens (primary N) is 1. The molecule has 0 unspecified atom stereocenters. The van der Waals surface area contributed by atoms with Gasteiger partial charge in [-0.3, -0.25) is 0 Å². The summed E-state index contributed by atoms with van der Waals surface area (Å²) in [6.45, 7) is 14.9. The predicted octanol–water partition coefficient (Wildman–Crippen LogP) is 4.95. The second-order valence-electron chi connectivity index (χ2n) is 6.87. The molecule has 0 amide bonds. The van der Waals surface area contributed by atoms with Crippen LogP contribution >= 0.6 is 0 Å². The summed E-state index contributed by atoms with van der Waals surface area (Å²) in [4.78, 5) is 2.25. The van der Waals surface area contributed by atoms with Crippen molar-refractivity contribution >= 4 is 5.69 Å². The van der Waals surface area contributed by atoms with Crippen molar-refractivity contribution in [1.29, 1.82) is 5.26 Å². The molecular formula is C20H35N3. The first-order valence-electron chi connectivity index (χ1n) is 8.87. The molecule has 0 spiro atoms. The Hall–Kier alpha value is -1.53. The summed E-state index contributed by atoms with van der Waals surface area (Å²) in [7, 11) is 0. The molecule has 2 N–H and O–H groups in total. The number of hydrogen-bond donors (Lipinski definition) is 1. The largest absolute Gasteiger partial charge is 0.370 e. The normalized spacial score (nSPS) is 14.8. The highest BCUT2D eigenvalue weighted by atomic mass is 15.1. The number of nitrogens with zero attached hydrogens (tertiary/aromatic N) is 2. The van der Waals surface area contributed by atoms with Crippen LogP contribution in [0.15, 0.2) is 24.3 Å². The first-order chi connectivity index (χ1) is 10.9. The van der Waals surface area contributed by atoms with E-state index in [-0.39, 0.29) is 0 Å². The Balaban J connectivity index is 0.000000515. The molecule has 2 rings (SSSR count). The van der Waals surface area contributed by atoms with E-state index >= 15 is 0 Å². The molecule has 130 valence electrons. The van der Waals surface area contributed by atoms with Crippen molar-refractivity contribution in [2.24, 2.45) is 11.1 Å². The van der Waals surface area contributed by atoms with Crippen LogP contribution in [0.2, 0.25) is 0 Å². The molecule has 1 fully saturated rings. The van der Waals surface area contributed by atoms with Gasteiger partial charge in [-0.25, -0.2) is 0 Å². The predicted molar refractivity (Wildman–Crippen MR) is 102 cm³/mol. The Morgan fingerprint density at radius 2 is 1.65 bits per heavy atom. The van der Waals surface area contributed by atoms with Crippen molar-refractivity contribution in [2.75, 3.05) is 18.0 Å². The van der Waals surface area contributed by atoms with Gasteiger partial charge >= 0.3 is 0 Å². The van der Waals surface area contributed by atoms with Crippen LogP contribution < -0.4 is 10.6 Å². The summed E-state index contributed by atoms with van der Waals surface area (Å²) >= 11 is 0. The van der Waals surface area contributed by atoms with Crippen molar-refractivity contribution in [1.82, 2.24) is 0 Å². The molecule has 1 aromatic rings. The lowest BCUT2D eigenvalue weighted by Crippen LogP contribution is -2.39. The molecule has 0 aliphatic carbocycles. The lowest BCUT2D eigenvalue weighted by atomic mass is 9.94. The van der Waals surface area contributed by atoms with Crippen molar-refractivity contribution in [3.63, 3.8) is 0 Å². The Morgan fingerprint density at radius 1 is 1.17 bits per heavy atom. The Kier molecular flexibility index (Phi) is 10.3. The van der Waals surface area contributed by atoms with Gasteiger partial charge < -0.3 is 10.6 Å². The summed E-state index contributed by atoms with van der Waals surface area (Å²) in [5, 5.41) is 9.00. The van der Waals surface area contributed by atoms with Crippen LogP contribution in [-0.2, 0) is 0 Å². The van der Waals surface area contributed by atoms with Crippen LogP contribution in [0.5, 0.6) is 0 Å². The van der Waals surface area contributed by atoms with E-state index in [1.165, 1.54) is 6.42 Å². The van der Waals surface area contributed by atoms with Crippen LogP contribution in [0.4, 0.5) is 5.69 Å². The molecule has 1 aliphatic rings. The topological polar surface area (TPSA) is 53.0 Å². The van der Waals surface area contributed by atoms with E-state index in [2.05, 4.69) is 38.7 Å². The van der Waals surface area contributed by atoms with Gasteiger partial charge in [0.25, 0.3) is 0 Å². The molecule has 0 aromatic heterocycles. The van der Waals surface area contributed by atoms with Gasteiger partial charge in [-0.2, -0.15) is 5.26 Å². The smallest absolute Gasteiger partial charge is 0.101 e. The van der Waals surface area contributed by atoms with E-state index in [0.29, 0.717) is 11.5 Å². The maximum atomic E-state index is 9.00. The first-order valence-corrected chi connectivity index (χ1v) is 8.87. The second kappa shape index (κ2) is 11.1. The number of hydrogen-bond acceptors (Lipinski definition) is 3. The third-order valence-electron chi connectivity index (χ3n) is 3.97. The average molecular weight is 318 g/mol. The monoisotopic (exact) mass is 317 g/mol. The summed E-state index contributed by atoms with van der Waals surface area (Å²) in [5.74, 6) is 0. The van der Waals surface area contributed by atoms with E-state index in [1.807, 2.05) is 38.1 Å². The molecule has 23 heavy (non-hydrogen) atoms. The molecule has 3 heteroatoms. The maximum absolute atomic E-state index is 9.00. The van der Waals surface area contributed by atoms with Gasteiger partial charge in [-0.15, -0.1) is 0 Å². The average Bonchev–Trinajstić information content (AvgIpc) is 2.57. The fourth-order valence-corrected chi connectivity index (χ4v) is 1.98. The molecule has 1 aromatic carbocycles. The van der Waals surface area contributed by atoms with Crippen LogP contribution in [0.3, 0.4) is 0 Å². The highest BCUT2D eigenvalue weighted by Crippen LogP contribution is 2.22. The van der Waals surface area contributed by atoms with Crippen LogP contribution in [0, 0.1) is 16.7 Å². The highest BCUT2D eigenvalue weighted by molar-refractivity contribution is 5.59. The minimum absolute atomic E-state index is 0.329. The van der Waals surface area contributed by atoms with E-state index in [1.54, 1.807) is 0 Å². The minimum Gasteiger partial charge on any atom is -0.370 e. The molecule has 0 atom stereocenters. The zero-order valence-corrected chi connectivity index (χ0v) is 15.9. The summed E-state index contributed by atoms with van der Waals surface area (Å²) in [5.41, 5.74) is 8.20. The first kappa shape index (κ1) is 21.5. The Bertz CT molecular complexity index is 461. The molecule has 1 saturated heterocycles. The maximum Gasteiger partial charge on any atom is 0.101 e. The van der Waals surface area contributed by atoms with E-state index in [9.17, 15) is 0 Å². The molecule has 1 heterocycles. The zero-order valence-electron chi connectivity index (χ0n) is 15.9. The number of anilines is 1. The van der Waals surface area contributed by atoms with Crippen LogP contribution in [0.1, 0.15) is 66.4 Å². The van der Waals surface area contributed by atoms with E-state index < -0.39 is 0 Å². The quantitative estimate of drug-likeness (QED) is 0.797. The number of piperidine rings is 1. The second-order valence-corrected chi connectivity index (χ2v) is 6.87. The van der Waals surface area contributed by atoms with Gasteiger partial charge in [-0.1, -0.05) is 60.1 Å². The van der Waals surface area contributed by atoms with Gasteiger partial charge in [0.2, 0.25) is 0 Å². The minimum atomic E-state index is 0.329. The summed E-state index contributed by atoms with van der Waals surface area (Å²) in [6, 6.07) is 10.3. The molecule has 1 aliphatic heterocycles. The van der Waals surface area contributed by atoms with E-state index in [4.69, 9.17) is 11.0 Å². The SMILES string of the molecule is CC.CCC(C)(C)C.N#Cc1ccccc1N1CCC(N)CC1. The molecule has 0 bridgehead atoms. The van der Waals surface area contributed by atoms with Gasteiger partial charge in [0.15, 0.2) is 0 Å². The van der Waals surface area contributed by atoms with Crippen molar-refractivity contribution in [2.45, 2.75) is 66.8 Å². The van der Waals surface area contributed by atoms with E-state index in [0.717, 1.165) is 37.2 Å². The number of benzene rings is 1. The van der Waals surface area contributed by atoms with Crippen LogP contribution in [0.25, 0.3) is 0 Å². The summed E-state index contributed by atoms with van der Waals surface area (Å²) < 4.78 is 0. The number of para-hydroxylation sites is 1. The zero-order chi connectivity index (χ0) is 17.9. The van der Waals surface area contributed by atoms with Crippen LogP contribution in [-0.4, -0.2) is 19.1 Å². The van der Waals surface area contributed by atoms with Crippen molar-refractivity contribution < 1.29 is 0 Å². The van der Waals surface area contributed by atoms with Gasteiger partial charge in [-0.05, 0) is 30.4 Å². The molecule has 0 radical (unpaired) electrons. The highest BCUT2D eigenvalue weighted by Gasteiger charge is 2.17. The number of nitriles is 1. The Morgan fingerprint density at radius 3 is 2.09 bits per heavy atom. The fourth-order valence-electron chi connectivity index (χ4n) is 1.98. The molecule has 3 nitrogen and oxygen atoms in total. The number of rotatable bonds is 1. The molecular weight excluding hydrogens is 282 g/mol. The van der Waals surface area contributed by atoms with Gasteiger partial charge in [0.1, 0.15) is 6.07 Å². The summed E-state index contributed by atoms with van der Waals surface area (Å²) in [6.07, 6.45) is 3.30. The third kappa shape index (κ3) is 8.62. The van der Waals surface area contributed by atoms with Gasteiger partial charge in [0.05, 0.1) is 11.3 Å². The van der Waals surface area contributed by atoms with Crippen molar-refractivity contribution in [3.05, 3.63) is 29.8 Å². The van der Waals surface area contributed by atoms with Gasteiger partial charge in [0, 0.05) is 19.1 Å². The van der Waals surface area contributed by atoms with Crippen molar-refractivity contribution in [3.8, 4) is 6.07 Å². The fraction of sp³-hybridized carbons (Fsp3) is 0.650. The molecule has 0 saturated carbocycles.